The SMILES string of the molecule is Nc1nonc1-c1nc(-c2ccc3ccccc3c2)cs1. The molecule has 0 aliphatic rings. The van der Waals surface area contributed by atoms with Crippen LogP contribution in [0.3, 0.4) is 0 Å². The fraction of sp³-hybridized carbons (Fsp3) is 0. The molecule has 0 aliphatic heterocycles. The van der Waals surface area contributed by atoms with E-state index >= 15 is 0 Å². The largest absolute Gasteiger partial charge is 0.379 e. The Morgan fingerprint density at radius 2 is 1.86 bits per heavy atom. The molecule has 0 atom stereocenters. The third-order valence-corrected chi connectivity index (χ3v) is 4.11. The monoisotopic (exact) mass is 294 g/mol. The zero-order valence-corrected chi connectivity index (χ0v) is 11.7. The minimum Gasteiger partial charge on any atom is -0.379 e. The number of thiazole rings is 1. The van der Waals surface area contributed by atoms with Crippen LogP contribution in [0.25, 0.3) is 32.7 Å². The van der Waals surface area contributed by atoms with Gasteiger partial charge in [-0.15, -0.1) is 11.3 Å². The zero-order valence-electron chi connectivity index (χ0n) is 10.9. The predicted octanol–water partition coefficient (Wildman–Crippen LogP) is 3.60. The van der Waals surface area contributed by atoms with E-state index in [0.717, 1.165) is 11.3 Å². The van der Waals surface area contributed by atoms with Gasteiger partial charge in [0.1, 0.15) is 5.01 Å². The van der Waals surface area contributed by atoms with E-state index in [-0.39, 0.29) is 5.82 Å². The molecule has 21 heavy (non-hydrogen) atoms. The second kappa shape index (κ2) is 4.68. The number of aromatic nitrogens is 3. The molecule has 5 nitrogen and oxygen atoms in total. The number of nitrogen functional groups attached to an aromatic ring is 1. The van der Waals surface area contributed by atoms with Gasteiger partial charge in [-0.05, 0) is 27.2 Å². The van der Waals surface area contributed by atoms with Gasteiger partial charge >= 0.3 is 0 Å². The van der Waals surface area contributed by atoms with Gasteiger partial charge in [-0.2, -0.15) is 0 Å². The van der Waals surface area contributed by atoms with E-state index in [9.17, 15) is 0 Å². The molecule has 0 saturated carbocycles. The number of hydrogen-bond acceptors (Lipinski definition) is 6. The van der Waals surface area contributed by atoms with Crippen LogP contribution in [0.1, 0.15) is 0 Å². The van der Waals surface area contributed by atoms with Gasteiger partial charge in [-0.25, -0.2) is 9.61 Å². The third-order valence-electron chi connectivity index (χ3n) is 3.27. The summed E-state index contributed by atoms with van der Waals surface area (Å²) in [5.41, 5.74) is 8.14. The quantitative estimate of drug-likeness (QED) is 0.611. The average Bonchev–Trinajstić information content (AvgIpc) is 3.15. The maximum atomic E-state index is 5.69. The molecular weight excluding hydrogens is 284 g/mol. The number of hydrogen-bond donors (Lipinski definition) is 1. The molecular formula is C15H10N4OS. The molecule has 102 valence electrons. The summed E-state index contributed by atoms with van der Waals surface area (Å²) >= 11 is 1.47. The van der Waals surface area contributed by atoms with Crippen molar-refractivity contribution in [3.63, 3.8) is 0 Å². The van der Waals surface area contributed by atoms with Crippen molar-refractivity contribution in [3.05, 3.63) is 47.8 Å². The molecule has 0 saturated heterocycles. The van der Waals surface area contributed by atoms with Crippen molar-refractivity contribution in [2.45, 2.75) is 0 Å². The summed E-state index contributed by atoms with van der Waals surface area (Å²) in [7, 11) is 0. The molecule has 0 spiro atoms. The average molecular weight is 294 g/mol. The van der Waals surface area contributed by atoms with Crippen LogP contribution in [0.5, 0.6) is 0 Å². The summed E-state index contributed by atoms with van der Waals surface area (Å²) < 4.78 is 4.61. The summed E-state index contributed by atoms with van der Waals surface area (Å²) in [5, 5.41) is 12.4. The molecule has 4 rings (SSSR count). The van der Waals surface area contributed by atoms with Crippen LogP contribution in [0.15, 0.2) is 52.5 Å². The first-order valence-corrected chi connectivity index (χ1v) is 7.22. The molecule has 0 fully saturated rings. The molecule has 2 N–H and O–H groups in total. The van der Waals surface area contributed by atoms with E-state index in [2.05, 4.69) is 50.3 Å². The van der Waals surface area contributed by atoms with E-state index in [0.29, 0.717) is 10.7 Å². The highest BCUT2D eigenvalue weighted by molar-refractivity contribution is 7.13. The standard InChI is InChI=1S/C15H10N4OS/c16-14-13(18-20-19-14)15-17-12(8-21-15)11-6-5-9-3-1-2-4-10(9)7-11/h1-8H,(H2,16,19). The number of rotatable bonds is 2. The number of anilines is 1. The minimum atomic E-state index is 0.259. The maximum absolute atomic E-state index is 5.69. The van der Waals surface area contributed by atoms with Gasteiger partial charge in [0, 0.05) is 10.9 Å². The van der Waals surface area contributed by atoms with Crippen molar-refractivity contribution in [1.82, 2.24) is 15.3 Å². The van der Waals surface area contributed by atoms with Crippen molar-refractivity contribution in [1.29, 1.82) is 0 Å². The van der Waals surface area contributed by atoms with Crippen LogP contribution in [0, 0.1) is 0 Å². The maximum Gasteiger partial charge on any atom is 0.198 e. The third kappa shape index (κ3) is 2.05. The second-order valence-corrected chi connectivity index (χ2v) is 5.46. The Hall–Kier alpha value is -2.73. The van der Waals surface area contributed by atoms with E-state index in [1.54, 1.807) is 0 Å². The predicted molar refractivity (Wildman–Crippen MR) is 82.8 cm³/mol. The minimum absolute atomic E-state index is 0.259. The fourth-order valence-electron chi connectivity index (χ4n) is 2.21. The first kappa shape index (κ1) is 12.0. The summed E-state index contributed by atoms with van der Waals surface area (Å²) in [6, 6.07) is 14.5. The highest BCUT2D eigenvalue weighted by atomic mass is 32.1. The second-order valence-electron chi connectivity index (χ2n) is 4.60. The molecule has 0 aliphatic carbocycles. The topological polar surface area (TPSA) is 77.8 Å². The van der Waals surface area contributed by atoms with Gasteiger partial charge in [-0.1, -0.05) is 36.4 Å². The normalized spacial score (nSPS) is 11.0. The molecule has 2 aromatic carbocycles. The van der Waals surface area contributed by atoms with Crippen molar-refractivity contribution in [3.8, 4) is 22.0 Å². The lowest BCUT2D eigenvalue weighted by Crippen LogP contribution is -1.88. The lowest BCUT2D eigenvalue weighted by molar-refractivity contribution is 0.310. The van der Waals surface area contributed by atoms with Crippen LogP contribution < -0.4 is 5.73 Å². The Kier molecular flexibility index (Phi) is 2.68. The Labute approximate surface area is 124 Å². The van der Waals surface area contributed by atoms with E-state index < -0.39 is 0 Å². The number of nitrogens with zero attached hydrogens (tertiary/aromatic N) is 3. The molecule has 0 radical (unpaired) electrons. The highest BCUT2D eigenvalue weighted by Crippen LogP contribution is 2.31. The van der Waals surface area contributed by atoms with Crippen molar-refractivity contribution < 1.29 is 4.63 Å². The van der Waals surface area contributed by atoms with Crippen LogP contribution in [0.2, 0.25) is 0 Å². The number of fused-ring (bicyclic) bond motifs is 1. The van der Waals surface area contributed by atoms with E-state index in [1.165, 1.54) is 22.1 Å². The van der Waals surface area contributed by atoms with Crippen LogP contribution in [0.4, 0.5) is 5.82 Å². The zero-order chi connectivity index (χ0) is 14.2. The van der Waals surface area contributed by atoms with Gasteiger partial charge in [-0.3, -0.25) is 0 Å². The summed E-state index contributed by atoms with van der Waals surface area (Å²) in [5.74, 6) is 0.259. The van der Waals surface area contributed by atoms with Crippen LogP contribution in [-0.2, 0) is 0 Å². The van der Waals surface area contributed by atoms with Gasteiger partial charge in [0.05, 0.1) is 5.69 Å². The molecule has 0 unspecified atom stereocenters. The van der Waals surface area contributed by atoms with Crippen LogP contribution >= 0.6 is 11.3 Å². The van der Waals surface area contributed by atoms with Crippen LogP contribution in [-0.4, -0.2) is 15.3 Å². The van der Waals surface area contributed by atoms with Crippen molar-refractivity contribution >= 4 is 27.9 Å². The number of nitrogens with two attached hydrogens (primary N) is 1. The molecule has 2 heterocycles. The van der Waals surface area contributed by atoms with Gasteiger partial charge < -0.3 is 5.73 Å². The summed E-state index contributed by atoms with van der Waals surface area (Å²) in [4.78, 5) is 4.57. The Morgan fingerprint density at radius 1 is 1.00 bits per heavy atom. The Bertz CT molecular complexity index is 928. The molecule has 6 heteroatoms. The first-order valence-electron chi connectivity index (χ1n) is 6.34. The molecule has 0 amide bonds. The fourth-order valence-corrected chi connectivity index (χ4v) is 3.02. The van der Waals surface area contributed by atoms with E-state index in [1.807, 2.05) is 17.5 Å². The molecule has 4 aromatic rings. The van der Waals surface area contributed by atoms with E-state index in [4.69, 9.17) is 5.73 Å². The Balaban J connectivity index is 1.79. The number of benzene rings is 2. The lowest BCUT2D eigenvalue weighted by Gasteiger charge is -2.00. The summed E-state index contributed by atoms with van der Waals surface area (Å²) in [6.45, 7) is 0. The van der Waals surface area contributed by atoms with Crippen molar-refractivity contribution in [2.24, 2.45) is 0 Å². The summed E-state index contributed by atoms with van der Waals surface area (Å²) in [6.07, 6.45) is 0. The highest BCUT2D eigenvalue weighted by Gasteiger charge is 2.14. The van der Waals surface area contributed by atoms with Gasteiger partial charge in [0.2, 0.25) is 0 Å². The Morgan fingerprint density at radius 3 is 2.67 bits per heavy atom. The lowest BCUT2D eigenvalue weighted by atomic mass is 10.1. The van der Waals surface area contributed by atoms with Gasteiger partial charge in [0.25, 0.3) is 0 Å². The van der Waals surface area contributed by atoms with Gasteiger partial charge in [0.15, 0.2) is 11.5 Å². The molecule has 2 aromatic heterocycles. The van der Waals surface area contributed by atoms with Crippen molar-refractivity contribution in [2.75, 3.05) is 5.73 Å². The smallest absolute Gasteiger partial charge is 0.198 e. The first-order chi connectivity index (χ1) is 10.3. The molecule has 0 bridgehead atoms.